The maximum Gasteiger partial charge on any atom is 0.199 e. The molecule has 0 aliphatic rings. The fourth-order valence-electron chi connectivity index (χ4n) is 2.84. The average molecular weight is 450 g/mol. The number of benzene rings is 2. The van der Waals surface area contributed by atoms with E-state index in [9.17, 15) is 19.1 Å². The highest BCUT2D eigenvalue weighted by atomic mass is 35.5. The first kappa shape index (κ1) is 22.0. The molecule has 1 atom stereocenters. The Morgan fingerprint density at radius 1 is 1.17 bits per heavy atom. The highest BCUT2D eigenvalue weighted by Gasteiger charge is 2.24. The van der Waals surface area contributed by atoms with Crippen molar-refractivity contribution in [2.45, 2.75) is 12.5 Å². The maximum atomic E-state index is 14.9. The molecule has 156 valence electrons. The predicted molar refractivity (Wildman–Crippen MR) is 112 cm³/mol. The van der Waals surface area contributed by atoms with Gasteiger partial charge in [0.25, 0.3) is 0 Å². The molecule has 0 spiro atoms. The third-order valence-corrected chi connectivity index (χ3v) is 5.06. The molecule has 1 unspecified atom stereocenters. The van der Waals surface area contributed by atoms with Gasteiger partial charge >= 0.3 is 0 Å². The van der Waals surface area contributed by atoms with Crippen molar-refractivity contribution in [1.29, 1.82) is 0 Å². The van der Waals surface area contributed by atoms with Crippen LogP contribution in [0.2, 0.25) is 5.02 Å². The Morgan fingerprint density at radius 2 is 1.90 bits per heavy atom. The number of alkyl halides is 1. The fourth-order valence-corrected chi connectivity index (χ4v) is 3.23. The minimum absolute atomic E-state index is 0.0630. The van der Waals surface area contributed by atoms with E-state index in [1.807, 2.05) is 30.3 Å². The number of nitrogens with one attached hydrogen (secondary N) is 1. The van der Waals surface area contributed by atoms with Crippen molar-refractivity contribution in [3.63, 3.8) is 0 Å². The zero-order valence-electron chi connectivity index (χ0n) is 15.7. The lowest BCUT2D eigenvalue weighted by molar-refractivity contribution is 0.0988. The van der Waals surface area contributed by atoms with Crippen molar-refractivity contribution >= 4 is 34.8 Å². The molecule has 0 saturated heterocycles. The van der Waals surface area contributed by atoms with Gasteiger partial charge in [0.2, 0.25) is 0 Å². The van der Waals surface area contributed by atoms with E-state index in [0.29, 0.717) is 0 Å². The summed E-state index contributed by atoms with van der Waals surface area (Å²) in [6.45, 7) is -0.417. The van der Waals surface area contributed by atoms with E-state index in [-0.39, 0.29) is 45.7 Å². The molecule has 2 N–H and O–H groups in total. The molecule has 1 aromatic heterocycles. The van der Waals surface area contributed by atoms with Crippen molar-refractivity contribution in [2.24, 2.45) is 0 Å². The number of aliphatic hydroxyl groups is 1. The van der Waals surface area contributed by atoms with Crippen LogP contribution in [0.15, 0.2) is 54.7 Å². The Balaban J connectivity index is 1.84. The zero-order chi connectivity index (χ0) is 21.7. The standard InChI is InChI=1S/C22H18Cl2FNO4/c23-10-15(12-27)30-19-7-6-16(24)20(21(19)25)22(29)14-9-17(26-11-14)18(28)8-13-4-2-1-3-5-13/h1-7,9,11,15,26-27H,8,10,12H2. The first-order valence-corrected chi connectivity index (χ1v) is 9.97. The topological polar surface area (TPSA) is 79.4 Å². The molecule has 0 amide bonds. The largest absolute Gasteiger partial charge is 0.484 e. The van der Waals surface area contributed by atoms with Crippen molar-refractivity contribution in [2.75, 3.05) is 12.5 Å². The third-order valence-electron chi connectivity index (χ3n) is 4.41. The Bertz CT molecular complexity index is 1050. The van der Waals surface area contributed by atoms with Crippen LogP contribution in [0.1, 0.15) is 32.0 Å². The monoisotopic (exact) mass is 449 g/mol. The Morgan fingerprint density at radius 3 is 2.57 bits per heavy atom. The minimum Gasteiger partial charge on any atom is -0.484 e. The Hall–Kier alpha value is -2.67. The molecular weight excluding hydrogens is 432 g/mol. The maximum absolute atomic E-state index is 14.9. The lowest BCUT2D eigenvalue weighted by Crippen LogP contribution is -2.23. The molecule has 0 bridgehead atoms. The summed E-state index contributed by atoms with van der Waals surface area (Å²) in [5.41, 5.74) is 0.761. The van der Waals surface area contributed by atoms with Gasteiger partial charge in [-0.15, -0.1) is 11.6 Å². The van der Waals surface area contributed by atoms with Gasteiger partial charge in [0, 0.05) is 18.2 Å². The van der Waals surface area contributed by atoms with Gasteiger partial charge in [-0.3, -0.25) is 9.59 Å². The van der Waals surface area contributed by atoms with Crippen LogP contribution in [0.5, 0.6) is 5.75 Å². The SMILES string of the molecule is O=C(Cc1ccccc1)c1cc(C(=O)c2c(Cl)ccc(OC(CO)CCl)c2F)c[nH]1. The summed E-state index contributed by atoms with van der Waals surface area (Å²) in [6.07, 6.45) is 0.660. The molecular formula is C22H18Cl2FNO4. The molecule has 0 aliphatic carbocycles. The smallest absolute Gasteiger partial charge is 0.199 e. The van der Waals surface area contributed by atoms with E-state index in [0.717, 1.165) is 5.56 Å². The van der Waals surface area contributed by atoms with Gasteiger partial charge in [0.05, 0.1) is 28.8 Å². The number of ether oxygens (including phenoxy) is 1. The van der Waals surface area contributed by atoms with Crippen LogP contribution >= 0.6 is 23.2 Å². The summed E-state index contributed by atoms with van der Waals surface area (Å²) in [5.74, 6) is -2.19. The number of carbonyl (C=O) groups is 2. The average Bonchev–Trinajstić information content (AvgIpc) is 3.24. The number of H-pyrrole nitrogens is 1. The van der Waals surface area contributed by atoms with Crippen molar-refractivity contribution in [1.82, 2.24) is 4.98 Å². The molecule has 3 aromatic rings. The van der Waals surface area contributed by atoms with E-state index in [1.54, 1.807) is 0 Å². The van der Waals surface area contributed by atoms with Gasteiger partial charge in [-0.25, -0.2) is 4.39 Å². The zero-order valence-corrected chi connectivity index (χ0v) is 17.2. The first-order valence-electron chi connectivity index (χ1n) is 9.06. The van der Waals surface area contributed by atoms with Gasteiger partial charge in [-0.2, -0.15) is 0 Å². The van der Waals surface area contributed by atoms with Gasteiger partial charge < -0.3 is 14.8 Å². The molecule has 0 aliphatic heterocycles. The second-order valence-electron chi connectivity index (χ2n) is 6.53. The van der Waals surface area contributed by atoms with Gasteiger partial charge in [0.15, 0.2) is 23.1 Å². The molecule has 8 heteroatoms. The van der Waals surface area contributed by atoms with Gasteiger partial charge in [-0.1, -0.05) is 41.9 Å². The van der Waals surface area contributed by atoms with Crippen LogP contribution in [-0.4, -0.2) is 40.2 Å². The van der Waals surface area contributed by atoms with Crippen molar-refractivity contribution < 1.29 is 23.8 Å². The Labute approximate surface area is 182 Å². The van der Waals surface area contributed by atoms with Crippen molar-refractivity contribution in [3.8, 4) is 5.75 Å². The normalized spacial score (nSPS) is 11.9. The molecule has 3 rings (SSSR count). The summed E-state index contributed by atoms with van der Waals surface area (Å²) in [5, 5.41) is 9.09. The van der Waals surface area contributed by atoms with E-state index in [4.69, 9.17) is 27.9 Å². The Kier molecular flexibility index (Phi) is 7.26. The van der Waals surface area contributed by atoms with E-state index in [1.165, 1.54) is 24.4 Å². The minimum atomic E-state index is -0.963. The number of aromatic nitrogens is 1. The number of halogens is 3. The quantitative estimate of drug-likeness (QED) is 0.373. The first-order chi connectivity index (χ1) is 14.4. The van der Waals surface area contributed by atoms with Gasteiger partial charge in [-0.05, 0) is 23.8 Å². The third kappa shape index (κ3) is 4.90. The molecule has 0 fully saturated rings. The van der Waals surface area contributed by atoms with Crippen LogP contribution in [0.4, 0.5) is 4.39 Å². The molecule has 5 nitrogen and oxygen atoms in total. The molecule has 0 radical (unpaired) electrons. The van der Waals surface area contributed by atoms with Crippen LogP contribution in [0.25, 0.3) is 0 Å². The molecule has 1 heterocycles. The van der Waals surface area contributed by atoms with Crippen LogP contribution in [-0.2, 0) is 6.42 Å². The number of ketones is 2. The van der Waals surface area contributed by atoms with E-state index < -0.39 is 24.3 Å². The van der Waals surface area contributed by atoms with E-state index in [2.05, 4.69) is 4.98 Å². The number of hydrogen-bond donors (Lipinski definition) is 2. The number of Topliss-reactive ketones (excluding diaryl/α,β-unsaturated/α-hetero) is 1. The highest BCUT2D eigenvalue weighted by molar-refractivity contribution is 6.35. The molecule has 0 saturated carbocycles. The van der Waals surface area contributed by atoms with E-state index >= 15 is 0 Å². The molecule has 2 aromatic carbocycles. The van der Waals surface area contributed by atoms with Crippen LogP contribution < -0.4 is 4.74 Å². The number of hydrogen-bond acceptors (Lipinski definition) is 4. The van der Waals surface area contributed by atoms with Crippen LogP contribution in [0.3, 0.4) is 0 Å². The summed E-state index contributed by atoms with van der Waals surface area (Å²) in [6, 6.07) is 13.1. The van der Waals surface area contributed by atoms with Gasteiger partial charge in [0.1, 0.15) is 6.10 Å². The number of aliphatic hydroxyl groups excluding tert-OH is 1. The highest BCUT2D eigenvalue weighted by Crippen LogP contribution is 2.30. The van der Waals surface area contributed by atoms with Crippen molar-refractivity contribution in [3.05, 3.63) is 88.0 Å². The van der Waals surface area contributed by atoms with Crippen LogP contribution in [0, 0.1) is 5.82 Å². The number of rotatable bonds is 9. The number of carbonyl (C=O) groups excluding carboxylic acids is 2. The molecule has 30 heavy (non-hydrogen) atoms. The second-order valence-corrected chi connectivity index (χ2v) is 7.24. The summed E-state index contributed by atoms with van der Waals surface area (Å²) < 4.78 is 20.2. The summed E-state index contributed by atoms with van der Waals surface area (Å²) >= 11 is 11.7. The lowest BCUT2D eigenvalue weighted by atomic mass is 10.0. The summed E-state index contributed by atoms with van der Waals surface area (Å²) in [7, 11) is 0. The second kappa shape index (κ2) is 9.89. The lowest BCUT2D eigenvalue weighted by Gasteiger charge is -2.16. The summed E-state index contributed by atoms with van der Waals surface area (Å²) in [4.78, 5) is 28.1. The predicted octanol–water partition coefficient (Wildman–Crippen LogP) is 4.44. The number of aromatic amines is 1. The fraction of sp³-hybridized carbons (Fsp3) is 0.182.